The topological polar surface area (TPSA) is 121 Å². The van der Waals surface area contributed by atoms with Crippen LogP contribution in [0.15, 0.2) is 42.6 Å². The molecule has 41 heavy (non-hydrogen) atoms. The number of fused-ring (bicyclic) bond motifs is 1. The fourth-order valence-electron chi connectivity index (χ4n) is 4.88. The van der Waals surface area contributed by atoms with E-state index in [1.54, 1.807) is 28.9 Å². The van der Waals surface area contributed by atoms with E-state index in [-0.39, 0.29) is 11.9 Å². The van der Waals surface area contributed by atoms with Gasteiger partial charge in [0.1, 0.15) is 6.07 Å². The highest BCUT2D eigenvalue weighted by molar-refractivity contribution is 6.36. The second kappa shape index (κ2) is 13.3. The first-order valence-electron chi connectivity index (χ1n) is 13.6. The van der Waals surface area contributed by atoms with E-state index in [0.29, 0.717) is 52.6 Å². The minimum absolute atomic E-state index is 0.172. The molecule has 0 atom stereocenters. The Morgan fingerprint density at radius 1 is 1.17 bits per heavy atom. The second-order valence-electron chi connectivity index (χ2n) is 9.86. The molecule has 0 bridgehead atoms. The molecule has 0 radical (unpaired) electrons. The van der Waals surface area contributed by atoms with E-state index in [0.717, 1.165) is 55.9 Å². The monoisotopic (exact) mass is 592 g/mol. The number of aryl methyl sites for hydroxylation is 1. The van der Waals surface area contributed by atoms with Gasteiger partial charge in [-0.15, -0.1) is 5.10 Å². The number of piperidine rings is 1. The first-order valence-corrected chi connectivity index (χ1v) is 14.4. The Morgan fingerprint density at radius 3 is 2.71 bits per heavy atom. The van der Waals surface area contributed by atoms with Gasteiger partial charge in [0.25, 0.3) is 0 Å². The molecular formula is C29H30Cl2N8O2. The minimum Gasteiger partial charge on any atom is -0.465 e. The third kappa shape index (κ3) is 7.11. The van der Waals surface area contributed by atoms with E-state index in [2.05, 4.69) is 21.3 Å². The van der Waals surface area contributed by atoms with Crippen molar-refractivity contribution in [1.29, 1.82) is 5.26 Å². The highest BCUT2D eigenvalue weighted by Crippen LogP contribution is 2.32. The third-order valence-electron chi connectivity index (χ3n) is 7.01. The molecule has 1 N–H and O–H groups in total. The van der Waals surface area contributed by atoms with E-state index in [4.69, 9.17) is 48.3 Å². The predicted molar refractivity (Wildman–Crippen MR) is 157 cm³/mol. The van der Waals surface area contributed by atoms with E-state index >= 15 is 0 Å². The average Bonchev–Trinajstić information content (AvgIpc) is 3.40. The largest absolute Gasteiger partial charge is 0.465 e. The maximum atomic E-state index is 11.9. The highest BCUT2D eigenvalue weighted by Gasteiger charge is 2.26. The van der Waals surface area contributed by atoms with Crippen LogP contribution >= 0.6 is 23.2 Å². The van der Waals surface area contributed by atoms with E-state index in [9.17, 15) is 4.79 Å². The van der Waals surface area contributed by atoms with Gasteiger partial charge in [-0.1, -0.05) is 23.2 Å². The number of halogens is 2. The molecule has 5 rings (SSSR count). The van der Waals surface area contributed by atoms with E-state index < -0.39 is 0 Å². The van der Waals surface area contributed by atoms with Crippen LogP contribution in [0.5, 0.6) is 0 Å². The number of nitrogens with one attached hydrogen (secondary N) is 1. The van der Waals surface area contributed by atoms with E-state index in [1.165, 1.54) is 0 Å². The standard InChI is InChI=1S/C29H30Cl2N8O2/c1-2-41-27(40)18-38-12-9-20(10-13-38)28-36-26-15-25(23-8-6-21(30)14-24(23)31)35-29(39(26)37-28)33-11-3-4-22-7-5-19(16-32)17-34-22/h5-8,14-15,17,20H,2-4,9-13,18H2,1H3,(H,33,35). The summed E-state index contributed by atoms with van der Waals surface area (Å²) in [7, 11) is 0. The van der Waals surface area contributed by atoms with Crippen molar-refractivity contribution in [1.82, 2.24) is 29.5 Å². The van der Waals surface area contributed by atoms with Crippen LogP contribution in [0.3, 0.4) is 0 Å². The zero-order valence-electron chi connectivity index (χ0n) is 22.7. The molecule has 0 amide bonds. The van der Waals surface area contributed by atoms with Gasteiger partial charge < -0.3 is 10.1 Å². The van der Waals surface area contributed by atoms with Crippen LogP contribution in [0.25, 0.3) is 16.9 Å². The normalized spacial score (nSPS) is 14.2. The molecule has 0 unspecified atom stereocenters. The molecule has 4 aromatic rings. The average molecular weight is 594 g/mol. The number of benzene rings is 1. The molecule has 12 heteroatoms. The van der Waals surface area contributed by atoms with E-state index in [1.807, 2.05) is 25.1 Å². The second-order valence-corrected chi connectivity index (χ2v) is 10.7. The molecule has 1 saturated heterocycles. The molecule has 1 aromatic carbocycles. The number of anilines is 1. The summed E-state index contributed by atoms with van der Waals surface area (Å²) in [4.78, 5) is 28.1. The minimum atomic E-state index is -0.193. The molecule has 1 fully saturated rings. The van der Waals surface area contributed by atoms with Crippen molar-refractivity contribution in [2.45, 2.75) is 38.5 Å². The molecule has 10 nitrogen and oxygen atoms in total. The SMILES string of the molecule is CCOC(=O)CN1CCC(c2nc3cc(-c4ccc(Cl)cc4Cl)nc(NCCCc4ccc(C#N)cn4)n3n2)CC1. The number of carbonyl (C=O) groups is 1. The number of ether oxygens (including phenoxy) is 1. The molecule has 3 aromatic heterocycles. The van der Waals surface area contributed by atoms with Crippen LogP contribution < -0.4 is 5.32 Å². The Labute approximate surface area is 248 Å². The van der Waals surface area contributed by atoms with Gasteiger partial charge >= 0.3 is 5.97 Å². The highest BCUT2D eigenvalue weighted by atomic mass is 35.5. The molecule has 1 aliphatic rings. The molecule has 0 aliphatic carbocycles. The molecule has 4 heterocycles. The number of esters is 1. The molecule has 0 spiro atoms. The molecule has 0 saturated carbocycles. The van der Waals surface area contributed by atoms with Crippen LogP contribution in [0.4, 0.5) is 5.95 Å². The maximum Gasteiger partial charge on any atom is 0.320 e. The fraction of sp³-hybridized carbons (Fsp3) is 0.379. The van der Waals surface area contributed by atoms with Crippen LogP contribution in [0.2, 0.25) is 10.0 Å². The van der Waals surface area contributed by atoms with Crippen molar-refractivity contribution >= 4 is 40.8 Å². The Bertz CT molecular complexity index is 1560. The van der Waals surface area contributed by atoms with Crippen LogP contribution in [-0.2, 0) is 16.0 Å². The molecule has 1 aliphatic heterocycles. The first kappa shape index (κ1) is 28.7. The Kier molecular flexibility index (Phi) is 9.29. The number of aromatic nitrogens is 5. The lowest BCUT2D eigenvalue weighted by atomic mass is 9.96. The number of carbonyl (C=O) groups excluding carboxylic acids is 1. The van der Waals surface area contributed by atoms with Crippen molar-refractivity contribution in [3.05, 3.63) is 69.7 Å². The van der Waals surface area contributed by atoms with Gasteiger partial charge in [-0.05, 0) is 76.0 Å². The zero-order valence-corrected chi connectivity index (χ0v) is 24.2. The van der Waals surface area contributed by atoms with Gasteiger partial charge in [0.2, 0.25) is 5.95 Å². The van der Waals surface area contributed by atoms with Crippen molar-refractivity contribution in [2.75, 3.05) is 38.1 Å². The van der Waals surface area contributed by atoms with Gasteiger partial charge in [-0.2, -0.15) is 9.78 Å². The Morgan fingerprint density at radius 2 is 2.00 bits per heavy atom. The summed E-state index contributed by atoms with van der Waals surface area (Å²) >= 11 is 12.7. The fourth-order valence-corrected chi connectivity index (χ4v) is 5.38. The number of hydrogen-bond donors (Lipinski definition) is 1. The van der Waals surface area contributed by atoms with Gasteiger partial charge in [0.05, 0.1) is 29.4 Å². The molecule has 212 valence electrons. The number of nitrogens with zero attached hydrogens (tertiary/aromatic N) is 7. The smallest absolute Gasteiger partial charge is 0.320 e. The van der Waals surface area contributed by atoms with Crippen LogP contribution in [0, 0.1) is 11.3 Å². The quantitative estimate of drug-likeness (QED) is 0.197. The lowest BCUT2D eigenvalue weighted by Gasteiger charge is -2.29. The lowest BCUT2D eigenvalue weighted by Crippen LogP contribution is -2.37. The summed E-state index contributed by atoms with van der Waals surface area (Å²) in [6.07, 6.45) is 4.83. The predicted octanol–water partition coefficient (Wildman–Crippen LogP) is 5.15. The van der Waals surface area contributed by atoms with Crippen molar-refractivity contribution in [3.8, 4) is 17.3 Å². The number of rotatable bonds is 10. The lowest BCUT2D eigenvalue weighted by molar-refractivity contribution is -0.144. The summed E-state index contributed by atoms with van der Waals surface area (Å²) in [5.41, 5.74) is 3.55. The number of pyridine rings is 1. The van der Waals surface area contributed by atoms with Gasteiger partial charge in [-0.3, -0.25) is 14.7 Å². The maximum absolute atomic E-state index is 11.9. The number of hydrogen-bond acceptors (Lipinski definition) is 9. The molecular weight excluding hydrogens is 563 g/mol. The van der Waals surface area contributed by atoms with Crippen molar-refractivity contribution < 1.29 is 9.53 Å². The van der Waals surface area contributed by atoms with Gasteiger partial charge in [-0.25, -0.2) is 9.97 Å². The third-order valence-corrected chi connectivity index (χ3v) is 7.55. The summed E-state index contributed by atoms with van der Waals surface area (Å²) in [6, 6.07) is 12.9. The van der Waals surface area contributed by atoms with Gasteiger partial charge in [0, 0.05) is 41.0 Å². The summed E-state index contributed by atoms with van der Waals surface area (Å²) in [6.45, 7) is 4.69. The van der Waals surface area contributed by atoms with Crippen molar-refractivity contribution in [2.24, 2.45) is 0 Å². The Hall–Kier alpha value is -3.78. The van der Waals surface area contributed by atoms with Gasteiger partial charge in [0.15, 0.2) is 11.5 Å². The first-order chi connectivity index (χ1) is 19.9. The van der Waals surface area contributed by atoms with Crippen LogP contribution in [0.1, 0.15) is 49.2 Å². The number of nitriles is 1. The van der Waals surface area contributed by atoms with Crippen molar-refractivity contribution in [3.63, 3.8) is 0 Å². The number of likely N-dealkylation sites (tertiary alicyclic amines) is 1. The summed E-state index contributed by atoms with van der Waals surface area (Å²) in [5.74, 6) is 1.30. The Balaban J connectivity index is 1.34. The van der Waals surface area contributed by atoms with Crippen LogP contribution in [-0.4, -0.2) is 68.2 Å². The zero-order chi connectivity index (χ0) is 28.8. The summed E-state index contributed by atoms with van der Waals surface area (Å²) < 4.78 is 6.84. The summed E-state index contributed by atoms with van der Waals surface area (Å²) in [5, 5.41) is 18.3.